The van der Waals surface area contributed by atoms with E-state index in [9.17, 15) is 4.79 Å². The van der Waals surface area contributed by atoms with Crippen LogP contribution in [0.5, 0.6) is 0 Å². The summed E-state index contributed by atoms with van der Waals surface area (Å²) >= 11 is 3.90. The quantitative estimate of drug-likeness (QED) is 0.357. The summed E-state index contributed by atoms with van der Waals surface area (Å²) in [6.07, 6.45) is 10.7. The molecule has 0 radical (unpaired) electrons. The van der Waals surface area contributed by atoms with Crippen LogP contribution in [-0.4, -0.2) is 27.5 Å². The highest BCUT2D eigenvalue weighted by Gasteiger charge is 2.49. The standard InChI is InChI=1S/C16H25N3O3S/c17-13(18-21-15-5-1-11(9-15)2-6-15)19(14(20)23)22-16-7-3-12(10-16)4-8-16/h11-12H,1-10H2,(H2,17,18)(H,20,23). The predicted octanol–water partition coefficient (Wildman–Crippen LogP) is 3.18. The van der Waals surface area contributed by atoms with E-state index in [-0.39, 0.29) is 17.2 Å². The van der Waals surface area contributed by atoms with Crippen LogP contribution in [-0.2, 0) is 9.68 Å². The Kier molecular flexibility index (Phi) is 3.76. The number of amides is 1. The van der Waals surface area contributed by atoms with Crippen LogP contribution in [0.25, 0.3) is 0 Å². The molecule has 0 aromatic carbocycles. The van der Waals surface area contributed by atoms with Gasteiger partial charge in [-0.2, -0.15) is 0 Å². The normalized spacial score (nSPS) is 41.5. The van der Waals surface area contributed by atoms with Gasteiger partial charge >= 0.3 is 5.24 Å². The highest BCUT2D eigenvalue weighted by Crippen LogP contribution is 2.51. The van der Waals surface area contributed by atoms with Crippen molar-refractivity contribution in [1.82, 2.24) is 5.06 Å². The molecular formula is C16H25N3O3S. The number of hydrogen-bond acceptors (Lipinski definition) is 4. The molecule has 4 rings (SSSR count). The zero-order chi connectivity index (χ0) is 16.1. The van der Waals surface area contributed by atoms with E-state index >= 15 is 0 Å². The van der Waals surface area contributed by atoms with Gasteiger partial charge < -0.3 is 10.6 Å². The second-order valence-corrected chi connectivity index (χ2v) is 8.25. The van der Waals surface area contributed by atoms with E-state index < -0.39 is 5.24 Å². The minimum atomic E-state index is -0.548. The molecule has 0 atom stereocenters. The van der Waals surface area contributed by atoms with Crippen molar-refractivity contribution in [3.63, 3.8) is 0 Å². The van der Waals surface area contributed by atoms with Crippen LogP contribution in [0.4, 0.5) is 4.79 Å². The second kappa shape index (κ2) is 5.55. The van der Waals surface area contributed by atoms with Gasteiger partial charge in [0, 0.05) is 0 Å². The smallest absolute Gasteiger partial charge is 0.309 e. The van der Waals surface area contributed by atoms with Crippen molar-refractivity contribution in [1.29, 1.82) is 0 Å². The molecule has 0 unspecified atom stereocenters. The van der Waals surface area contributed by atoms with E-state index in [4.69, 9.17) is 15.4 Å². The predicted molar refractivity (Wildman–Crippen MR) is 88.6 cm³/mol. The number of nitrogens with two attached hydrogens (primary N) is 1. The van der Waals surface area contributed by atoms with Gasteiger partial charge in [0.1, 0.15) is 5.60 Å². The molecule has 4 aliphatic rings. The molecule has 4 saturated carbocycles. The van der Waals surface area contributed by atoms with Gasteiger partial charge in [0.05, 0.1) is 5.60 Å². The van der Waals surface area contributed by atoms with Gasteiger partial charge in [0.2, 0.25) is 0 Å². The number of nitrogens with zero attached hydrogens (tertiary/aromatic N) is 2. The summed E-state index contributed by atoms with van der Waals surface area (Å²) in [5.41, 5.74) is 5.54. The number of guanidine groups is 1. The average Bonchev–Trinajstić information content (AvgIpc) is 3.30. The number of hydroxylamine groups is 2. The molecule has 0 aliphatic heterocycles. The van der Waals surface area contributed by atoms with Gasteiger partial charge in [0.15, 0.2) is 0 Å². The average molecular weight is 339 g/mol. The van der Waals surface area contributed by atoms with E-state index in [1.54, 1.807) is 0 Å². The highest BCUT2D eigenvalue weighted by atomic mass is 32.1. The van der Waals surface area contributed by atoms with Crippen LogP contribution in [0.15, 0.2) is 5.16 Å². The summed E-state index contributed by atoms with van der Waals surface area (Å²) in [6, 6.07) is 0. The van der Waals surface area contributed by atoms with E-state index in [2.05, 4.69) is 17.8 Å². The number of thiol groups is 1. The maximum atomic E-state index is 11.8. The number of hydrogen-bond donors (Lipinski definition) is 2. The summed E-state index contributed by atoms with van der Waals surface area (Å²) < 4.78 is 0. The zero-order valence-corrected chi connectivity index (χ0v) is 14.3. The Bertz CT molecular complexity index is 523. The van der Waals surface area contributed by atoms with Crippen molar-refractivity contribution in [3.8, 4) is 0 Å². The summed E-state index contributed by atoms with van der Waals surface area (Å²) in [6.45, 7) is 0. The van der Waals surface area contributed by atoms with E-state index in [0.29, 0.717) is 5.92 Å². The largest absolute Gasteiger partial charge is 0.386 e. The lowest BCUT2D eigenvalue weighted by molar-refractivity contribution is -0.169. The molecule has 0 heterocycles. The fourth-order valence-corrected chi connectivity index (χ4v) is 5.23. The Morgan fingerprint density at radius 2 is 1.57 bits per heavy atom. The molecule has 4 fully saturated rings. The van der Waals surface area contributed by atoms with Gasteiger partial charge in [-0.05, 0) is 81.2 Å². The van der Waals surface area contributed by atoms with Crippen molar-refractivity contribution < 1.29 is 14.5 Å². The van der Waals surface area contributed by atoms with Crippen molar-refractivity contribution in [2.75, 3.05) is 0 Å². The van der Waals surface area contributed by atoms with Gasteiger partial charge in [-0.3, -0.25) is 9.63 Å². The first kappa shape index (κ1) is 15.6. The van der Waals surface area contributed by atoms with E-state index in [0.717, 1.165) is 62.3 Å². The summed E-state index contributed by atoms with van der Waals surface area (Å²) in [5, 5.41) is 4.52. The summed E-state index contributed by atoms with van der Waals surface area (Å²) in [4.78, 5) is 23.6. The third-order valence-electron chi connectivity index (χ3n) is 6.35. The number of fused-ring (bicyclic) bond motifs is 4. The maximum absolute atomic E-state index is 11.8. The van der Waals surface area contributed by atoms with Crippen molar-refractivity contribution in [2.24, 2.45) is 22.7 Å². The maximum Gasteiger partial charge on any atom is 0.309 e. The van der Waals surface area contributed by atoms with Crippen LogP contribution in [0, 0.1) is 11.8 Å². The van der Waals surface area contributed by atoms with Gasteiger partial charge in [-0.15, -0.1) is 5.06 Å². The molecule has 6 nitrogen and oxygen atoms in total. The topological polar surface area (TPSA) is 77.2 Å². The molecule has 7 heteroatoms. The molecule has 2 N–H and O–H groups in total. The van der Waals surface area contributed by atoms with Crippen LogP contribution in [0.1, 0.15) is 64.2 Å². The lowest BCUT2D eigenvalue weighted by Gasteiger charge is -2.32. The lowest BCUT2D eigenvalue weighted by atomic mass is 9.97. The Morgan fingerprint density at radius 1 is 1.04 bits per heavy atom. The first-order chi connectivity index (χ1) is 11.0. The number of oxime groups is 1. The molecule has 1 amide bonds. The Morgan fingerprint density at radius 3 is 2.00 bits per heavy atom. The number of carbonyl (C=O) groups excluding carboxylic acids is 1. The third-order valence-corrected chi connectivity index (χ3v) is 6.54. The zero-order valence-electron chi connectivity index (χ0n) is 13.4. The monoisotopic (exact) mass is 339 g/mol. The molecule has 128 valence electrons. The highest BCUT2D eigenvalue weighted by molar-refractivity contribution is 7.96. The van der Waals surface area contributed by atoms with Crippen LogP contribution < -0.4 is 5.73 Å². The number of carbonyl (C=O) groups is 1. The molecule has 4 bridgehead atoms. The molecule has 0 spiro atoms. The van der Waals surface area contributed by atoms with Crippen molar-refractivity contribution in [3.05, 3.63) is 0 Å². The summed E-state index contributed by atoms with van der Waals surface area (Å²) in [7, 11) is 0. The van der Waals surface area contributed by atoms with Crippen LogP contribution in [0.2, 0.25) is 0 Å². The fraction of sp³-hybridized carbons (Fsp3) is 0.875. The van der Waals surface area contributed by atoms with Crippen molar-refractivity contribution >= 4 is 23.8 Å². The SMILES string of the molecule is NC(=NOC12CCC(CC1)C2)N(OC12CCC(CC1)C2)C(=O)S. The van der Waals surface area contributed by atoms with Gasteiger partial charge in [-0.1, -0.05) is 12.6 Å². The fourth-order valence-electron chi connectivity index (χ4n) is 5.09. The molecule has 0 aromatic heterocycles. The Labute approximate surface area is 142 Å². The first-order valence-electron chi connectivity index (χ1n) is 8.73. The summed E-state index contributed by atoms with van der Waals surface area (Å²) in [5.74, 6) is 1.44. The van der Waals surface area contributed by atoms with E-state index in [1.165, 1.54) is 12.8 Å². The molecule has 4 aliphatic carbocycles. The molecule has 23 heavy (non-hydrogen) atoms. The third kappa shape index (κ3) is 2.82. The van der Waals surface area contributed by atoms with Crippen molar-refractivity contribution in [2.45, 2.75) is 75.4 Å². The molecular weight excluding hydrogens is 314 g/mol. The van der Waals surface area contributed by atoms with Crippen LogP contribution >= 0.6 is 12.6 Å². The molecule has 0 aromatic rings. The Balaban J connectivity index is 1.44. The number of rotatable bonds is 4. The van der Waals surface area contributed by atoms with Gasteiger partial charge in [0.25, 0.3) is 5.96 Å². The van der Waals surface area contributed by atoms with E-state index in [1.807, 2.05) is 0 Å². The van der Waals surface area contributed by atoms with Gasteiger partial charge in [-0.25, -0.2) is 0 Å². The second-order valence-electron chi connectivity index (χ2n) is 7.87. The lowest BCUT2D eigenvalue weighted by Crippen LogP contribution is -2.46. The van der Waals surface area contributed by atoms with Crippen LogP contribution in [0.3, 0.4) is 0 Å². The Hall–Kier alpha value is -0.950. The minimum Gasteiger partial charge on any atom is -0.386 e. The molecule has 0 saturated heterocycles. The first-order valence-corrected chi connectivity index (χ1v) is 9.18. The minimum absolute atomic E-state index is 0.0422.